The molecule has 2 aromatic carbocycles. The highest BCUT2D eigenvalue weighted by molar-refractivity contribution is 7.91. The minimum Gasteiger partial charge on any atom is -0.506 e. The topological polar surface area (TPSA) is 91.7 Å². The zero-order valence-corrected chi connectivity index (χ0v) is 12.9. The molecule has 0 aliphatic carbocycles. The van der Waals surface area contributed by atoms with Crippen molar-refractivity contribution in [3.8, 4) is 11.5 Å². The Labute approximate surface area is 134 Å². The fraction of sp³-hybridized carbons (Fsp3) is 0.133. The Morgan fingerprint density at radius 1 is 1.00 bits per heavy atom. The lowest BCUT2D eigenvalue weighted by molar-refractivity contribution is -0.0886. The summed E-state index contributed by atoms with van der Waals surface area (Å²) >= 11 is 0. The number of Topliss-reactive ketones (excluding diaryl/α,β-unsaturated/α-hetero) is 1. The van der Waals surface area contributed by atoms with Crippen molar-refractivity contribution in [3.63, 3.8) is 0 Å². The molecule has 2 aromatic rings. The molecule has 24 heavy (non-hydrogen) atoms. The van der Waals surface area contributed by atoms with Crippen molar-refractivity contribution >= 4 is 15.6 Å². The van der Waals surface area contributed by atoms with Crippen molar-refractivity contribution in [1.29, 1.82) is 0 Å². The Morgan fingerprint density at radius 2 is 1.54 bits per heavy atom. The van der Waals surface area contributed by atoms with Gasteiger partial charge < -0.3 is 10.2 Å². The van der Waals surface area contributed by atoms with Gasteiger partial charge in [0, 0.05) is 0 Å². The second-order valence-corrected chi connectivity index (χ2v) is 6.84. The summed E-state index contributed by atoms with van der Waals surface area (Å²) in [5, 5.41) is 19.6. The number of phenols is 2. The largest absolute Gasteiger partial charge is 0.506 e. The van der Waals surface area contributed by atoms with Crippen LogP contribution in [-0.4, -0.2) is 30.6 Å². The number of aromatic hydroxyl groups is 2. The molecule has 0 radical (unpaired) electrons. The Hall–Kier alpha value is -2.55. The van der Waals surface area contributed by atoms with Crippen molar-refractivity contribution in [2.24, 2.45) is 0 Å². The van der Waals surface area contributed by atoms with E-state index in [1.165, 1.54) is 24.3 Å². The van der Waals surface area contributed by atoms with Crippen molar-refractivity contribution < 1.29 is 36.6 Å². The second-order valence-electron chi connectivity index (χ2n) is 4.95. The summed E-state index contributed by atoms with van der Waals surface area (Å²) in [6.45, 7) is 1.69. The molecule has 0 spiro atoms. The van der Waals surface area contributed by atoms with Crippen molar-refractivity contribution in [2.75, 3.05) is 0 Å². The number of sulfone groups is 1. The molecular formula is C15H11F3O5S. The Bertz CT molecular complexity index is 900. The number of alkyl halides is 3. The fourth-order valence-electron chi connectivity index (χ4n) is 2.00. The molecule has 2 N–H and O–H groups in total. The Balaban J connectivity index is 2.71. The molecule has 0 saturated heterocycles. The van der Waals surface area contributed by atoms with Gasteiger partial charge in [0.05, 0.1) is 10.5 Å². The average molecular weight is 360 g/mol. The van der Waals surface area contributed by atoms with Crippen LogP contribution in [0.1, 0.15) is 15.9 Å². The van der Waals surface area contributed by atoms with Gasteiger partial charge in [-0.05, 0) is 31.2 Å². The minimum absolute atomic E-state index is 0.352. The van der Waals surface area contributed by atoms with Crippen LogP contribution in [0.2, 0.25) is 0 Å². The standard InChI is InChI=1S/C15H11F3O5S/c1-8-2-4-9(5-3-8)24(22,23)13-11(19)7-6-10(12(13)20)14(21)15(16,17)18/h2-7,19-20H,1H3. The van der Waals surface area contributed by atoms with Crippen LogP contribution in [-0.2, 0) is 9.84 Å². The highest BCUT2D eigenvalue weighted by Gasteiger charge is 2.42. The number of carbonyl (C=O) groups excluding carboxylic acids is 1. The number of phenolic OH excluding ortho intramolecular Hbond substituents is 2. The van der Waals surface area contributed by atoms with Gasteiger partial charge in [-0.15, -0.1) is 0 Å². The van der Waals surface area contributed by atoms with Gasteiger partial charge in [-0.3, -0.25) is 4.79 Å². The van der Waals surface area contributed by atoms with E-state index in [1.54, 1.807) is 6.92 Å². The number of hydrogen-bond donors (Lipinski definition) is 2. The van der Waals surface area contributed by atoms with Crippen LogP contribution in [0, 0.1) is 6.92 Å². The first-order valence-electron chi connectivity index (χ1n) is 6.44. The van der Waals surface area contributed by atoms with E-state index in [0.717, 1.165) is 5.56 Å². The van der Waals surface area contributed by atoms with Gasteiger partial charge in [-0.2, -0.15) is 13.2 Å². The van der Waals surface area contributed by atoms with E-state index in [2.05, 4.69) is 0 Å². The summed E-state index contributed by atoms with van der Waals surface area (Å²) in [6.07, 6.45) is -5.31. The van der Waals surface area contributed by atoms with E-state index < -0.39 is 43.8 Å². The molecule has 0 amide bonds. The van der Waals surface area contributed by atoms with E-state index >= 15 is 0 Å². The van der Waals surface area contributed by atoms with Crippen LogP contribution < -0.4 is 0 Å². The normalized spacial score (nSPS) is 12.2. The monoisotopic (exact) mass is 360 g/mol. The molecule has 0 aromatic heterocycles. The second kappa shape index (κ2) is 5.82. The van der Waals surface area contributed by atoms with Gasteiger partial charge >= 0.3 is 6.18 Å². The third-order valence-corrected chi connectivity index (χ3v) is 5.05. The van der Waals surface area contributed by atoms with Gasteiger partial charge in [-0.1, -0.05) is 17.7 Å². The summed E-state index contributed by atoms with van der Waals surface area (Å²) in [6, 6.07) is 6.33. The van der Waals surface area contributed by atoms with Crippen LogP contribution in [0.4, 0.5) is 13.2 Å². The molecule has 0 fully saturated rings. The number of halogens is 3. The molecule has 5 nitrogen and oxygen atoms in total. The molecule has 9 heteroatoms. The van der Waals surface area contributed by atoms with Gasteiger partial charge in [0.25, 0.3) is 5.78 Å². The van der Waals surface area contributed by atoms with E-state index in [0.29, 0.717) is 12.1 Å². The molecule has 128 valence electrons. The molecule has 0 aliphatic rings. The molecule has 0 heterocycles. The summed E-state index contributed by atoms with van der Waals surface area (Å²) in [7, 11) is -4.54. The first kappa shape index (κ1) is 17.8. The number of benzene rings is 2. The van der Waals surface area contributed by atoms with Gasteiger partial charge in [0.1, 0.15) is 11.5 Å². The quantitative estimate of drug-likeness (QED) is 0.821. The third kappa shape index (κ3) is 3.07. The Morgan fingerprint density at radius 3 is 2.04 bits per heavy atom. The molecule has 0 atom stereocenters. The number of aryl methyl sites for hydroxylation is 1. The first-order chi connectivity index (χ1) is 11.0. The van der Waals surface area contributed by atoms with Crippen LogP contribution in [0.5, 0.6) is 11.5 Å². The zero-order chi connectivity index (χ0) is 18.3. The molecule has 0 unspecified atom stereocenters. The van der Waals surface area contributed by atoms with Crippen molar-refractivity contribution in [2.45, 2.75) is 22.9 Å². The number of ketones is 1. The molecular weight excluding hydrogens is 349 g/mol. The molecule has 0 saturated carbocycles. The number of carbonyl (C=O) groups is 1. The SMILES string of the molecule is Cc1ccc(S(=O)(=O)c2c(O)ccc(C(=O)C(F)(F)F)c2O)cc1. The predicted octanol–water partition coefficient (Wildman–Crippen LogP) is 2.98. The lowest BCUT2D eigenvalue weighted by atomic mass is 10.1. The summed E-state index contributed by atoms with van der Waals surface area (Å²) in [4.78, 5) is 9.79. The highest BCUT2D eigenvalue weighted by Crippen LogP contribution is 2.40. The predicted molar refractivity (Wildman–Crippen MR) is 76.8 cm³/mol. The highest BCUT2D eigenvalue weighted by atomic mass is 32.2. The van der Waals surface area contributed by atoms with Gasteiger partial charge in [-0.25, -0.2) is 8.42 Å². The summed E-state index contributed by atoms with van der Waals surface area (Å²) in [5.41, 5.74) is -0.533. The third-order valence-electron chi connectivity index (χ3n) is 3.21. The first-order valence-corrected chi connectivity index (χ1v) is 7.93. The minimum atomic E-state index is -5.31. The Kier molecular flexibility index (Phi) is 4.32. The zero-order valence-electron chi connectivity index (χ0n) is 12.1. The van der Waals surface area contributed by atoms with Crippen LogP contribution >= 0.6 is 0 Å². The van der Waals surface area contributed by atoms with Crippen LogP contribution in [0.3, 0.4) is 0 Å². The van der Waals surface area contributed by atoms with E-state index in [1.807, 2.05) is 0 Å². The van der Waals surface area contributed by atoms with Crippen molar-refractivity contribution in [1.82, 2.24) is 0 Å². The van der Waals surface area contributed by atoms with E-state index in [-0.39, 0.29) is 4.90 Å². The maximum atomic E-state index is 12.5. The summed E-state index contributed by atoms with van der Waals surface area (Å²) < 4.78 is 62.6. The molecule has 0 aliphatic heterocycles. The summed E-state index contributed by atoms with van der Waals surface area (Å²) in [5.74, 6) is -4.83. The number of rotatable bonds is 3. The van der Waals surface area contributed by atoms with Gasteiger partial charge in [0.2, 0.25) is 9.84 Å². The lowest BCUT2D eigenvalue weighted by Gasteiger charge is -2.13. The van der Waals surface area contributed by atoms with Crippen LogP contribution in [0.15, 0.2) is 46.2 Å². The van der Waals surface area contributed by atoms with Crippen LogP contribution in [0.25, 0.3) is 0 Å². The fourth-order valence-corrected chi connectivity index (χ4v) is 3.43. The maximum Gasteiger partial charge on any atom is 0.455 e. The smallest absolute Gasteiger partial charge is 0.455 e. The van der Waals surface area contributed by atoms with E-state index in [9.17, 15) is 36.6 Å². The van der Waals surface area contributed by atoms with Gasteiger partial charge in [0.15, 0.2) is 4.90 Å². The lowest BCUT2D eigenvalue weighted by Crippen LogP contribution is -2.23. The average Bonchev–Trinajstić information content (AvgIpc) is 2.46. The van der Waals surface area contributed by atoms with Crippen molar-refractivity contribution in [3.05, 3.63) is 47.5 Å². The molecule has 0 bridgehead atoms. The van der Waals surface area contributed by atoms with E-state index in [4.69, 9.17) is 0 Å². The number of hydrogen-bond acceptors (Lipinski definition) is 5. The maximum absolute atomic E-state index is 12.5. The molecule has 2 rings (SSSR count).